The van der Waals surface area contributed by atoms with E-state index in [9.17, 15) is 19.7 Å². The van der Waals surface area contributed by atoms with Crippen LogP contribution in [0.2, 0.25) is 0 Å². The minimum absolute atomic E-state index is 0.00479. The molecular weight excluding hydrogens is 648 g/mol. The summed E-state index contributed by atoms with van der Waals surface area (Å²) in [6, 6.07) is 14.5. The lowest BCUT2D eigenvalue weighted by Gasteiger charge is -2.07. The third-order valence-corrected chi connectivity index (χ3v) is 8.22. The lowest BCUT2D eigenvalue weighted by Crippen LogP contribution is -2.32. The third-order valence-electron chi connectivity index (χ3n) is 8.22. The molecule has 3 heterocycles. The number of aromatic nitrogens is 3. The molecule has 0 amide bonds. The molecule has 3 aromatic heterocycles. The van der Waals surface area contributed by atoms with E-state index in [1.807, 2.05) is 55.6 Å². The molecule has 15 heteroatoms. The number of rotatable bonds is 10. The highest BCUT2D eigenvalue weighted by molar-refractivity contribution is 5.97. The fourth-order valence-corrected chi connectivity index (χ4v) is 5.68. The van der Waals surface area contributed by atoms with Gasteiger partial charge in [-0.3, -0.25) is 19.7 Å². The Morgan fingerprint density at radius 2 is 1.28 bits per heavy atom. The zero-order valence-electron chi connectivity index (χ0n) is 28.2. The molecular formula is C35H40N6O9. The number of hydrogen-bond acceptors (Lipinski definition) is 9. The van der Waals surface area contributed by atoms with Gasteiger partial charge in [0, 0.05) is 47.3 Å². The van der Waals surface area contributed by atoms with E-state index in [-0.39, 0.29) is 12.1 Å². The molecule has 2 atom stereocenters. The molecule has 6 rings (SSSR count). The summed E-state index contributed by atoms with van der Waals surface area (Å²) >= 11 is 0. The number of nitrogens with one attached hydrogen (secondary N) is 3. The summed E-state index contributed by atoms with van der Waals surface area (Å²) in [5.74, 6) is -0.0620. The number of methoxy groups -OCH3 is 3. The number of aliphatic carboxylic acids is 2. The van der Waals surface area contributed by atoms with Gasteiger partial charge in [0.1, 0.15) is 29.3 Å². The molecule has 0 aliphatic carbocycles. The summed E-state index contributed by atoms with van der Waals surface area (Å²) in [5.41, 5.74) is 16.5. The summed E-state index contributed by atoms with van der Waals surface area (Å²) in [6.07, 6.45) is 2.21. The zero-order chi connectivity index (χ0) is 36.7. The molecule has 0 aliphatic heterocycles. The average Bonchev–Trinajstić information content (AvgIpc) is 3.80. The molecule has 0 bridgehead atoms. The minimum atomic E-state index is -1.16. The van der Waals surface area contributed by atoms with Crippen molar-refractivity contribution in [2.24, 2.45) is 11.5 Å². The third kappa shape index (κ3) is 7.80. The molecule has 2 unspecified atom stereocenters. The standard InChI is InChI=1S/C13H15N3O5.C13H16N2O3.C9H9NO/c1-6-7(5-8(14)13(17)18)11-9(16(19)20)3-4-10(21-2)12(11)15-6;1-7-9(6-10(14)13(16)17)8-4-3-5-11(18-2)12(8)15-7;1-11-8-4-2-3-7-5-6-10-9(7)8/h3-4,8,15H,5,14H2,1-2H3,(H,17,18);3-5,10,15H,6,14H2,1-2H3,(H,16,17);2-6,10H,1H3. The van der Waals surface area contributed by atoms with Gasteiger partial charge in [-0.15, -0.1) is 0 Å². The molecule has 6 aromatic rings. The maximum Gasteiger partial charge on any atom is 0.320 e. The Bertz CT molecular complexity index is 2150. The van der Waals surface area contributed by atoms with Crippen molar-refractivity contribution in [3.63, 3.8) is 0 Å². The highest BCUT2D eigenvalue weighted by Gasteiger charge is 2.25. The second-order valence-corrected chi connectivity index (χ2v) is 11.3. The molecule has 0 radical (unpaired) electrons. The molecule has 0 spiro atoms. The summed E-state index contributed by atoms with van der Waals surface area (Å²) in [6.45, 7) is 3.62. The monoisotopic (exact) mass is 688 g/mol. The molecule has 264 valence electrons. The fourth-order valence-electron chi connectivity index (χ4n) is 5.68. The first-order chi connectivity index (χ1) is 23.8. The second-order valence-electron chi connectivity index (χ2n) is 11.3. The van der Waals surface area contributed by atoms with Crippen LogP contribution in [-0.2, 0) is 22.4 Å². The van der Waals surface area contributed by atoms with Gasteiger partial charge in [-0.25, -0.2) is 0 Å². The van der Waals surface area contributed by atoms with Crippen molar-refractivity contribution in [3.8, 4) is 17.2 Å². The first kappa shape index (κ1) is 36.8. The Morgan fingerprint density at radius 1 is 0.760 bits per heavy atom. The Balaban J connectivity index is 0.000000176. The number of ether oxygens (including phenoxy) is 3. The quantitative estimate of drug-likeness (QED) is 0.0748. The van der Waals surface area contributed by atoms with Crippen molar-refractivity contribution in [3.05, 3.63) is 93.4 Å². The smallest absolute Gasteiger partial charge is 0.320 e. The van der Waals surface area contributed by atoms with Gasteiger partial charge in [0.2, 0.25) is 0 Å². The topological polar surface area (TPSA) is 245 Å². The van der Waals surface area contributed by atoms with Crippen LogP contribution in [0.3, 0.4) is 0 Å². The van der Waals surface area contributed by atoms with Crippen molar-refractivity contribution in [1.29, 1.82) is 0 Å². The van der Waals surface area contributed by atoms with Crippen LogP contribution < -0.4 is 25.7 Å². The number of nitro groups is 1. The van der Waals surface area contributed by atoms with Crippen LogP contribution in [0.15, 0.2) is 60.8 Å². The van der Waals surface area contributed by atoms with Crippen LogP contribution in [-0.4, -0.2) is 75.4 Å². The van der Waals surface area contributed by atoms with Crippen molar-refractivity contribution in [2.75, 3.05) is 21.3 Å². The SMILES string of the molecule is COc1ccc([N+](=O)[O-])c2c(CC(N)C(=O)O)c(C)[nH]c12.COc1cccc2c(CC(N)C(=O)O)c(C)[nH]c12.COc1cccc2cc[nH]c12. The molecule has 0 saturated heterocycles. The Kier molecular flexibility index (Phi) is 11.7. The molecule has 0 saturated carbocycles. The maximum absolute atomic E-state index is 11.2. The lowest BCUT2D eigenvalue weighted by atomic mass is 10.0. The predicted molar refractivity (Wildman–Crippen MR) is 189 cm³/mol. The number of fused-ring (bicyclic) bond motifs is 3. The number of aryl methyl sites for hydroxylation is 2. The van der Waals surface area contributed by atoms with E-state index in [1.165, 1.54) is 24.6 Å². The van der Waals surface area contributed by atoms with Crippen LogP contribution >= 0.6 is 0 Å². The van der Waals surface area contributed by atoms with Crippen molar-refractivity contribution >= 4 is 50.3 Å². The minimum Gasteiger partial charge on any atom is -0.495 e. The first-order valence-corrected chi connectivity index (χ1v) is 15.4. The lowest BCUT2D eigenvalue weighted by molar-refractivity contribution is -0.383. The van der Waals surface area contributed by atoms with Gasteiger partial charge in [-0.1, -0.05) is 24.3 Å². The van der Waals surface area contributed by atoms with Gasteiger partial charge >= 0.3 is 11.9 Å². The Labute approximate surface area is 286 Å². The van der Waals surface area contributed by atoms with Crippen molar-refractivity contribution < 1.29 is 38.9 Å². The predicted octanol–water partition coefficient (Wildman–Crippen LogP) is 4.96. The van der Waals surface area contributed by atoms with Gasteiger partial charge in [-0.05, 0) is 49.2 Å². The van der Waals surface area contributed by atoms with Crippen LogP contribution in [0.4, 0.5) is 5.69 Å². The van der Waals surface area contributed by atoms with E-state index in [0.29, 0.717) is 34.3 Å². The number of carboxylic acids is 2. The van der Waals surface area contributed by atoms with Crippen molar-refractivity contribution in [1.82, 2.24) is 15.0 Å². The summed E-state index contributed by atoms with van der Waals surface area (Å²) in [5, 5.41) is 31.5. The summed E-state index contributed by atoms with van der Waals surface area (Å²) in [4.78, 5) is 41.8. The molecule has 9 N–H and O–H groups in total. The molecule has 0 aliphatic rings. The summed E-state index contributed by atoms with van der Waals surface area (Å²) in [7, 11) is 4.74. The number of carboxylic acid groups (broad SMARTS) is 2. The number of hydrogen-bond donors (Lipinski definition) is 7. The highest BCUT2D eigenvalue weighted by Crippen LogP contribution is 2.37. The average molecular weight is 689 g/mol. The Morgan fingerprint density at radius 3 is 1.86 bits per heavy atom. The number of aromatic amines is 3. The van der Waals surface area contributed by atoms with E-state index in [0.717, 1.165) is 39.2 Å². The van der Waals surface area contributed by atoms with E-state index in [1.54, 1.807) is 21.1 Å². The highest BCUT2D eigenvalue weighted by atomic mass is 16.6. The van der Waals surface area contributed by atoms with Crippen LogP contribution in [0.25, 0.3) is 32.7 Å². The fraction of sp³-hybridized carbons (Fsp3) is 0.257. The number of benzene rings is 3. The van der Waals surface area contributed by atoms with Crippen LogP contribution in [0.1, 0.15) is 22.5 Å². The van der Waals surface area contributed by atoms with E-state index >= 15 is 0 Å². The van der Waals surface area contributed by atoms with E-state index < -0.39 is 28.9 Å². The molecule has 15 nitrogen and oxygen atoms in total. The first-order valence-electron chi connectivity index (χ1n) is 15.4. The number of nitrogens with zero attached hydrogens (tertiary/aromatic N) is 1. The van der Waals surface area contributed by atoms with Crippen LogP contribution in [0.5, 0.6) is 17.2 Å². The van der Waals surface area contributed by atoms with Gasteiger partial charge in [0.15, 0.2) is 0 Å². The van der Waals surface area contributed by atoms with Gasteiger partial charge in [-0.2, -0.15) is 0 Å². The molecule has 3 aromatic carbocycles. The number of non-ortho nitro benzene ring substituents is 1. The number of nitrogens with two attached hydrogens (primary N) is 2. The second kappa shape index (κ2) is 15.9. The zero-order valence-corrected chi connectivity index (χ0v) is 28.2. The number of nitro benzene ring substituents is 1. The van der Waals surface area contributed by atoms with E-state index in [2.05, 4.69) is 15.0 Å². The normalized spacial score (nSPS) is 12.0. The molecule has 50 heavy (non-hydrogen) atoms. The maximum atomic E-state index is 11.2. The number of H-pyrrole nitrogens is 3. The number of para-hydroxylation sites is 2. The summed E-state index contributed by atoms with van der Waals surface area (Å²) < 4.78 is 15.6. The number of carbonyl (C=O) groups is 2. The van der Waals surface area contributed by atoms with Gasteiger partial charge in [0.05, 0.1) is 48.2 Å². The van der Waals surface area contributed by atoms with Crippen molar-refractivity contribution in [2.45, 2.75) is 38.8 Å². The Hall–Kier alpha value is -6.06. The van der Waals surface area contributed by atoms with Gasteiger partial charge < -0.3 is 50.8 Å². The molecule has 0 fully saturated rings. The van der Waals surface area contributed by atoms with Crippen LogP contribution in [0, 0.1) is 24.0 Å². The van der Waals surface area contributed by atoms with Gasteiger partial charge in [0.25, 0.3) is 5.69 Å². The largest absolute Gasteiger partial charge is 0.495 e. The van der Waals surface area contributed by atoms with E-state index in [4.69, 9.17) is 35.9 Å².